The van der Waals surface area contributed by atoms with Gasteiger partial charge in [0.1, 0.15) is 5.37 Å². The highest BCUT2D eigenvalue weighted by Crippen LogP contribution is 2.21. The molecule has 1 saturated heterocycles. The molecule has 1 fully saturated rings. The predicted molar refractivity (Wildman–Crippen MR) is 65.9 cm³/mol. The van der Waals surface area contributed by atoms with Gasteiger partial charge in [0.2, 0.25) is 5.91 Å². The lowest BCUT2D eigenvalue weighted by molar-refractivity contribution is -0.132. The normalized spacial score (nSPS) is 24.2. The molecule has 0 aromatic rings. The number of rotatable bonds is 3. The molecule has 0 bridgehead atoms. The Morgan fingerprint density at radius 1 is 1.62 bits per heavy atom. The summed E-state index contributed by atoms with van der Waals surface area (Å²) in [6.45, 7) is 3.65. The Labute approximate surface area is 101 Å². The molecule has 0 aromatic carbocycles. The molecule has 1 aliphatic heterocycles. The predicted octanol–water partition coefficient (Wildman–Crippen LogP) is -0.330. The minimum Gasteiger partial charge on any atom is -0.323 e. The Kier molecular flexibility index (Phi) is 4.63. The lowest BCUT2D eigenvalue weighted by Gasteiger charge is -2.35. The molecular weight excluding hydrogens is 248 g/mol. The molecule has 1 aliphatic rings. The summed E-state index contributed by atoms with van der Waals surface area (Å²) in [7, 11) is -3.22. The highest BCUT2D eigenvalue weighted by atomic mass is 32.2. The van der Waals surface area contributed by atoms with Crippen LogP contribution >= 0.6 is 11.8 Å². The molecule has 0 radical (unpaired) electrons. The second-order valence-corrected chi connectivity index (χ2v) is 7.40. The van der Waals surface area contributed by atoms with E-state index in [9.17, 15) is 13.2 Å². The van der Waals surface area contributed by atoms with Gasteiger partial charge in [-0.2, -0.15) is 11.8 Å². The van der Waals surface area contributed by atoms with Crippen LogP contribution in [0.25, 0.3) is 0 Å². The summed E-state index contributed by atoms with van der Waals surface area (Å²) < 4.78 is 23.7. The first kappa shape index (κ1) is 13.8. The second kappa shape index (κ2) is 5.37. The minimum atomic E-state index is -3.22. The summed E-state index contributed by atoms with van der Waals surface area (Å²) in [6.07, 6.45) is 0. The SMILES string of the molecule is CCS(=O)(=O)C1CSCCN1C(=O)[C@H](C)N. The van der Waals surface area contributed by atoms with E-state index in [1.54, 1.807) is 25.6 Å². The van der Waals surface area contributed by atoms with Crippen molar-refractivity contribution in [2.45, 2.75) is 25.3 Å². The van der Waals surface area contributed by atoms with Crippen molar-refractivity contribution in [3.8, 4) is 0 Å². The number of sulfone groups is 1. The summed E-state index contributed by atoms with van der Waals surface area (Å²) in [5.41, 5.74) is 5.52. The Hall–Kier alpha value is -0.270. The van der Waals surface area contributed by atoms with E-state index in [1.165, 1.54) is 4.90 Å². The topological polar surface area (TPSA) is 80.5 Å². The number of thioether (sulfide) groups is 1. The van der Waals surface area contributed by atoms with Crippen molar-refractivity contribution >= 4 is 27.5 Å². The number of amides is 1. The van der Waals surface area contributed by atoms with Gasteiger partial charge in [-0.3, -0.25) is 4.79 Å². The quantitative estimate of drug-likeness (QED) is 0.756. The van der Waals surface area contributed by atoms with Gasteiger partial charge >= 0.3 is 0 Å². The number of hydrogen-bond donors (Lipinski definition) is 1. The van der Waals surface area contributed by atoms with Gasteiger partial charge in [-0.05, 0) is 6.92 Å². The maximum Gasteiger partial charge on any atom is 0.240 e. The number of nitrogens with two attached hydrogens (primary N) is 1. The lowest BCUT2D eigenvalue weighted by Crippen LogP contribution is -2.54. The van der Waals surface area contributed by atoms with Crippen LogP contribution in [0.4, 0.5) is 0 Å². The third kappa shape index (κ3) is 2.89. The van der Waals surface area contributed by atoms with Crippen LogP contribution in [0.15, 0.2) is 0 Å². The Balaban J connectivity index is 2.92. The number of carbonyl (C=O) groups is 1. The average Bonchev–Trinajstić information content (AvgIpc) is 2.28. The van der Waals surface area contributed by atoms with Gasteiger partial charge in [-0.15, -0.1) is 0 Å². The van der Waals surface area contributed by atoms with Crippen LogP contribution in [-0.4, -0.2) is 54.4 Å². The van der Waals surface area contributed by atoms with Crippen molar-refractivity contribution in [3.05, 3.63) is 0 Å². The van der Waals surface area contributed by atoms with Crippen molar-refractivity contribution in [2.24, 2.45) is 5.73 Å². The molecule has 0 saturated carbocycles. The van der Waals surface area contributed by atoms with Crippen LogP contribution in [0, 0.1) is 0 Å². The van der Waals surface area contributed by atoms with Crippen LogP contribution in [0.1, 0.15) is 13.8 Å². The zero-order valence-corrected chi connectivity index (χ0v) is 11.2. The maximum absolute atomic E-state index is 11.8. The summed E-state index contributed by atoms with van der Waals surface area (Å²) in [5, 5.41) is -0.699. The minimum absolute atomic E-state index is 0.0565. The number of hydrogen-bond acceptors (Lipinski definition) is 5. The van der Waals surface area contributed by atoms with E-state index in [2.05, 4.69) is 0 Å². The molecule has 94 valence electrons. The van der Waals surface area contributed by atoms with E-state index >= 15 is 0 Å². The molecule has 1 heterocycles. The van der Waals surface area contributed by atoms with Crippen LogP contribution in [-0.2, 0) is 14.6 Å². The zero-order chi connectivity index (χ0) is 12.3. The van der Waals surface area contributed by atoms with Gasteiger partial charge in [0.25, 0.3) is 0 Å². The first-order chi connectivity index (χ1) is 7.40. The Bertz CT molecular complexity index is 354. The van der Waals surface area contributed by atoms with Crippen LogP contribution in [0.5, 0.6) is 0 Å². The van der Waals surface area contributed by atoms with E-state index in [0.717, 1.165) is 5.75 Å². The second-order valence-electron chi connectivity index (χ2n) is 3.80. The third-order valence-electron chi connectivity index (χ3n) is 2.57. The standard InChI is InChI=1S/C9H18N2O3S2/c1-3-16(13,14)8-6-15-5-4-11(8)9(12)7(2)10/h7-8H,3-6,10H2,1-2H3/t7-,8?/m0/s1. The van der Waals surface area contributed by atoms with Gasteiger partial charge in [0.05, 0.1) is 6.04 Å². The largest absolute Gasteiger partial charge is 0.323 e. The van der Waals surface area contributed by atoms with Crippen LogP contribution in [0.2, 0.25) is 0 Å². The van der Waals surface area contributed by atoms with E-state index in [-0.39, 0.29) is 11.7 Å². The number of carbonyl (C=O) groups excluding carboxylic acids is 1. The first-order valence-corrected chi connectivity index (χ1v) is 8.12. The van der Waals surface area contributed by atoms with Crippen molar-refractivity contribution in [3.63, 3.8) is 0 Å². The molecule has 5 nitrogen and oxygen atoms in total. The van der Waals surface area contributed by atoms with Crippen LogP contribution in [0.3, 0.4) is 0 Å². The maximum atomic E-state index is 11.8. The van der Waals surface area contributed by atoms with Gasteiger partial charge in [-0.1, -0.05) is 6.92 Å². The van der Waals surface area contributed by atoms with Gasteiger partial charge in [0.15, 0.2) is 9.84 Å². The van der Waals surface area contributed by atoms with Crippen molar-refractivity contribution in [1.82, 2.24) is 4.90 Å². The molecule has 7 heteroatoms. The molecule has 2 atom stereocenters. The Morgan fingerprint density at radius 2 is 2.25 bits per heavy atom. The third-order valence-corrected chi connectivity index (χ3v) is 5.86. The van der Waals surface area contributed by atoms with E-state index < -0.39 is 21.3 Å². The molecule has 0 aliphatic carbocycles. The van der Waals surface area contributed by atoms with Gasteiger partial charge in [0, 0.05) is 23.8 Å². The smallest absolute Gasteiger partial charge is 0.240 e. The van der Waals surface area contributed by atoms with E-state index in [0.29, 0.717) is 12.3 Å². The fourth-order valence-corrected chi connectivity index (χ4v) is 4.56. The molecular formula is C9H18N2O3S2. The van der Waals surface area contributed by atoms with Crippen molar-refractivity contribution in [1.29, 1.82) is 0 Å². The first-order valence-electron chi connectivity index (χ1n) is 5.25. The summed E-state index contributed by atoms with van der Waals surface area (Å²) in [4.78, 5) is 13.2. The molecule has 2 N–H and O–H groups in total. The Morgan fingerprint density at radius 3 is 2.75 bits per heavy atom. The van der Waals surface area contributed by atoms with Gasteiger partial charge < -0.3 is 10.6 Å². The molecule has 16 heavy (non-hydrogen) atoms. The highest BCUT2D eigenvalue weighted by molar-refractivity contribution is 8.01. The molecule has 0 spiro atoms. The van der Waals surface area contributed by atoms with Crippen molar-refractivity contribution in [2.75, 3.05) is 23.8 Å². The van der Waals surface area contributed by atoms with E-state index in [4.69, 9.17) is 5.73 Å². The molecule has 1 amide bonds. The monoisotopic (exact) mass is 266 g/mol. The van der Waals surface area contributed by atoms with Crippen molar-refractivity contribution < 1.29 is 13.2 Å². The number of nitrogens with zero attached hydrogens (tertiary/aromatic N) is 1. The van der Waals surface area contributed by atoms with E-state index in [1.807, 2.05) is 0 Å². The average molecular weight is 266 g/mol. The zero-order valence-electron chi connectivity index (χ0n) is 9.55. The summed E-state index contributed by atoms with van der Waals surface area (Å²) in [6, 6.07) is -0.641. The fraction of sp³-hybridized carbons (Fsp3) is 0.889. The lowest BCUT2D eigenvalue weighted by atomic mass is 10.3. The van der Waals surface area contributed by atoms with Crippen LogP contribution < -0.4 is 5.73 Å². The summed E-state index contributed by atoms with van der Waals surface area (Å²) >= 11 is 1.56. The molecule has 1 rings (SSSR count). The van der Waals surface area contributed by atoms with Gasteiger partial charge in [-0.25, -0.2) is 8.42 Å². The molecule has 0 aromatic heterocycles. The highest BCUT2D eigenvalue weighted by Gasteiger charge is 2.36. The fourth-order valence-electron chi connectivity index (χ4n) is 1.58. The molecule has 1 unspecified atom stereocenters. The summed E-state index contributed by atoms with van der Waals surface area (Å²) in [5.74, 6) is 1.01.